The molecule has 4 nitrogen and oxygen atoms in total. The van der Waals surface area contributed by atoms with Crippen LogP contribution in [0.2, 0.25) is 0 Å². The van der Waals surface area contributed by atoms with Crippen LogP contribution in [-0.2, 0) is 9.53 Å². The number of hydrogen-bond acceptors (Lipinski definition) is 4. The fourth-order valence-electron chi connectivity index (χ4n) is 1.48. The minimum Gasteiger partial charge on any atom is -0.493 e. The lowest BCUT2D eigenvalue weighted by atomic mass is 10.1. The van der Waals surface area contributed by atoms with E-state index in [2.05, 4.69) is 4.74 Å². The minimum atomic E-state index is -0.366. The number of rotatable bonds is 5. The zero-order valence-corrected chi connectivity index (χ0v) is 11.6. The van der Waals surface area contributed by atoms with Gasteiger partial charge < -0.3 is 14.2 Å². The van der Waals surface area contributed by atoms with E-state index in [0.29, 0.717) is 11.5 Å². The van der Waals surface area contributed by atoms with E-state index >= 15 is 0 Å². The molecule has 4 heteroatoms. The Morgan fingerprint density at radius 3 is 2.37 bits per heavy atom. The van der Waals surface area contributed by atoms with Crippen LogP contribution >= 0.6 is 0 Å². The first-order valence-corrected chi connectivity index (χ1v) is 5.77. The highest BCUT2D eigenvalue weighted by atomic mass is 16.5. The number of methoxy groups -OCH3 is 3. The van der Waals surface area contributed by atoms with Crippen molar-refractivity contribution in [1.82, 2.24) is 0 Å². The van der Waals surface area contributed by atoms with Gasteiger partial charge in [-0.1, -0.05) is 18.2 Å². The van der Waals surface area contributed by atoms with E-state index < -0.39 is 0 Å². The first-order valence-electron chi connectivity index (χ1n) is 5.77. The van der Waals surface area contributed by atoms with Crippen molar-refractivity contribution < 1.29 is 19.0 Å². The maximum Gasteiger partial charge on any atom is 0.330 e. The Hall–Kier alpha value is -2.23. The summed E-state index contributed by atoms with van der Waals surface area (Å²) in [6, 6.07) is 5.60. The van der Waals surface area contributed by atoms with Crippen LogP contribution in [0.3, 0.4) is 0 Å². The van der Waals surface area contributed by atoms with Gasteiger partial charge in [0.1, 0.15) is 0 Å². The Morgan fingerprint density at radius 1 is 1.11 bits per heavy atom. The fourth-order valence-corrected chi connectivity index (χ4v) is 1.48. The smallest absolute Gasteiger partial charge is 0.330 e. The van der Waals surface area contributed by atoms with Crippen LogP contribution in [0.1, 0.15) is 12.5 Å². The number of ether oxygens (including phenoxy) is 3. The van der Waals surface area contributed by atoms with Crippen molar-refractivity contribution >= 4 is 12.0 Å². The number of esters is 1. The molecule has 19 heavy (non-hydrogen) atoms. The summed E-state index contributed by atoms with van der Waals surface area (Å²) in [7, 11) is 4.54. The number of benzene rings is 1. The van der Waals surface area contributed by atoms with E-state index in [9.17, 15) is 4.79 Å². The highest BCUT2D eigenvalue weighted by Crippen LogP contribution is 2.28. The Kier molecular flexibility index (Phi) is 5.67. The highest BCUT2D eigenvalue weighted by molar-refractivity contribution is 5.83. The molecule has 0 heterocycles. The monoisotopic (exact) mass is 262 g/mol. The average molecular weight is 262 g/mol. The van der Waals surface area contributed by atoms with Crippen LogP contribution in [0.15, 0.2) is 35.9 Å². The van der Waals surface area contributed by atoms with E-state index in [1.807, 2.05) is 37.3 Å². The number of allylic oxidation sites excluding steroid dienone is 2. The molecular weight excluding hydrogens is 244 g/mol. The van der Waals surface area contributed by atoms with Gasteiger partial charge in [0.05, 0.1) is 21.3 Å². The molecule has 0 amide bonds. The maximum atomic E-state index is 11.0. The number of carbonyl (C=O) groups is 1. The molecule has 0 aromatic heterocycles. The van der Waals surface area contributed by atoms with Gasteiger partial charge in [-0.2, -0.15) is 0 Å². The molecule has 1 rings (SSSR count). The van der Waals surface area contributed by atoms with Crippen molar-refractivity contribution in [2.24, 2.45) is 0 Å². The molecule has 1 aromatic carbocycles. The number of carbonyl (C=O) groups excluding carboxylic acids is 1. The lowest BCUT2D eigenvalue weighted by Gasteiger charge is -2.07. The van der Waals surface area contributed by atoms with Gasteiger partial charge in [-0.25, -0.2) is 4.79 Å². The lowest BCUT2D eigenvalue weighted by molar-refractivity contribution is -0.134. The van der Waals surface area contributed by atoms with Gasteiger partial charge in [0.25, 0.3) is 0 Å². The van der Waals surface area contributed by atoms with Crippen LogP contribution in [0.25, 0.3) is 6.08 Å². The van der Waals surface area contributed by atoms with E-state index in [0.717, 1.165) is 11.1 Å². The zero-order valence-electron chi connectivity index (χ0n) is 11.6. The molecule has 0 saturated heterocycles. The summed E-state index contributed by atoms with van der Waals surface area (Å²) >= 11 is 0. The van der Waals surface area contributed by atoms with Gasteiger partial charge >= 0.3 is 5.97 Å². The summed E-state index contributed by atoms with van der Waals surface area (Å²) < 4.78 is 14.9. The highest BCUT2D eigenvalue weighted by Gasteiger charge is 2.02. The van der Waals surface area contributed by atoms with E-state index in [1.54, 1.807) is 14.2 Å². The average Bonchev–Trinajstić information content (AvgIpc) is 2.44. The molecule has 0 N–H and O–H groups in total. The third-order valence-corrected chi connectivity index (χ3v) is 2.49. The van der Waals surface area contributed by atoms with Crippen molar-refractivity contribution in [3.63, 3.8) is 0 Å². The summed E-state index contributed by atoms with van der Waals surface area (Å²) in [6.07, 6.45) is 5.14. The van der Waals surface area contributed by atoms with Crippen LogP contribution < -0.4 is 9.47 Å². The van der Waals surface area contributed by atoms with E-state index in [1.165, 1.54) is 13.2 Å². The zero-order chi connectivity index (χ0) is 14.3. The van der Waals surface area contributed by atoms with Gasteiger partial charge in [-0.05, 0) is 30.2 Å². The van der Waals surface area contributed by atoms with E-state index in [-0.39, 0.29) is 5.97 Å². The third kappa shape index (κ3) is 4.50. The SMILES string of the molecule is COC(=O)/C=C(C)/C=C/c1ccc(OC)c(OC)c1. The largest absolute Gasteiger partial charge is 0.493 e. The standard InChI is InChI=1S/C15H18O4/c1-11(9-15(16)19-4)5-6-12-7-8-13(17-2)14(10-12)18-3/h5-10H,1-4H3/b6-5+,11-9+. The summed E-state index contributed by atoms with van der Waals surface area (Å²) in [5.74, 6) is 0.982. The first-order chi connectivity index (χ1) is 9.10. The van der Waals surface area contributed by atoms with Crippen molar-refractivity contribution in [2.45, 2.75) is 6.92 Å². The molecule has 0 radical (unpaired) electrons. The molecule has 0 aliphatic heterocycles. The second-order valence-corrected chi connectivity index (χ2v) is 3.86. The molecule has 1 aromatic rings. The minimum absolute atomic E-state index is 0.366. The summed E-state index contributed by atoms with van der Waals surface area (Å²) in [6.45, 7) is 1.83. The second-order valence-electron chi connectivity index (χ2n) is 3.86. The number of hydrogen-bond donors (Lipinski definition) is 0. The molecular formula is C15H18O4. The first kappa shape index (κ1) is 14.8. The predicted octanol–water partition coefficient (Wildman–Crippen LogP) is 2.84. The Bertz CT molecular complexity index is 501. The molecule has 0 fully saturated rings. The van der Waals surface area contributed by atoms with Crippen LogP contribution in [0, 0.1) is 0 Å². The molecule has 0 aliphatic carbocycles. The van der Waals surface area contributed by atoms with Crippen molar-refractivity contribution in [2.75, 3.05) is 21.3 Å². The fraction of sp³-hybridized carbons (Fsp3) is 0.267. The summed E-state index contributed by atoms with van der Waals surface area (Å²) in [5.41, 5.74) is 1.76. The molecule has 0 spiro atoms. The van der Waals surface area contributed by atoms with Gasteiger partial charge in [-0.3, -0.25) is 0 Å². The maximum absolute atomic E-state index is 11.0. The molecule has 0 aliphatic rings. The van der Waals surface area contributed by atoms with Crippen molar-refractivity contribution in [3.05, 3.63) is 41.5 Å². The van der Waals surface area contributed by atoms with E-state index in [4.69, 9.17) is 9.47 Å². The predicted molar refractivity (Wildman–Crippen MR) is 74.4 cm³/mol. The van der Waals surface area contributed by atoms with Crippen LogP contribution in [0.4, 0.5) is 0 Å². The normalized spacial score (nSPS) is 11.5. The van der Waals surface area contributed by atoms with Crippen LogP contribution in [-0.4, -0.2) is 27.3 Å². The summed E-state index contributed by atoms with van der Waals surface area (Å²) in [4.78, 5) is 11.0. The second kappa shape index (κ2) is 7.26. The molecule has 0 unspecified atom stereocenters. The quantitative estimate of drug-likeness (QED) is 0.465. The van der Waals surface area contributed by atoms with Crippen molar-refractivity contribution in [1.29, 1.82) is 0 Å². The van der Waals surface area contributed by atoms with Gasteiger partial charge in [0.15, 0.2) is 11.5 Å². The van der Waals surface area contributed by atoms with Gasteiger partial charge in [0.2, 0.25) is 0 Å². The topological polar surface area (TPSA) is 44.8 Å². The Morgan fingerprint density at radius 2 is 1.79 bits per heavy atom. The van der Waals surface area contributed by atoms with Crippen molar-refractivity contribution in [3.8, 4) is 11.5 Å². The van der Waals surface area contributed by atoms with Gasteiger partial charge in [0, 0.05) is 6.08 Å². The molecule has 0 saturated carbocycles. The summed E-state index contributed by atoms with van der Waals surface area (Å²) in [5, 5.41) is 0. The Balaban J connectivity index is 2.88. The molecule has 102 valence electrons. The third-order valence-electron chi connectivity index (χ3n) is 2.49. The molecule has 0 bridgehead atoms. The van der Waals surface area contributed by atoms with Crippen LogP contribution in [0.5, 0.6) is 11.5 Å². The Labute approximate surface area is 113 Å². The lowest BCUT2D eigenvalue weighted by Crippen LogP contribution is -1.94. The molecule has 0 atom stereocenters. The van der Waals surface area contributed by atoms with Gasteiger partial charge in [-0.15, -0.1) is 0 Å².